The van der Waals surface area contributed by atoms with Gasteiger partial charge >= 0.3 is 12.0 Å². The van der Waals surface area contributed by atoms with Gasteiger partial charge in [0.1, 0.15) is 6.04 Å². The monoisotopic (exact) mass is 292 g/mol. The molecule has 0 aliphatic heterocycles. The summed E-state index contributed by atoms with van der Waals surface area (Å²) < 4.78 is 0. The van der Waals surface area contributed by atoms with Crippen LogP contribution in [0.5, 0.6) is 0 Å². The van der Waals surface area contributed by atoms with Gasteiger partial charge in [0.05, 0.1) is 6.04 Å². The molecule has 2 amide bonds. The third-order valence-electron chi connectivity index (χ3n) is 3.77. The van der Waals surface area contributed by atoms with E-state index in [2.05, 4.69) is 10.6 Å². The molecule has 0 bridgehead atoms. The lowest BCUT2D eigenvalue weighted by atomic mass is 9.99. The van der Waals surface area contributed by atoms with Crippen molar-refractivity contribution in [3.05, 3.63) is 35.4 Å². The van der Waals surface area contributed by atoms with Crippen LogP contribution in [0.4, 0.5) is 4.79 Å². The summed E-state index contributed by atoms with van der Waals surface area (Å²) in [6, 6.07) is 6.26. The van der Waals surface area contributed by atoms with Gasteiger partial charge in [-0.2, -0.15) is 0 Å². The van der Waals surface area contributed by atoms with Crippen LogP contribution in [0.1, 0.15) is 44.4 Å². The van der Waals surface area contributed by atoms with Crippen molar-refractivity contribution in [2.45, 2.75) is 46.2 Å². The first kappa shape index (κ1) is 17.0. The van der Waals surface area contributed by atoms with Crippen LogP contribution in [-0.4, -0.2) is 23.1 Å². The van der Waals surface area contributed by atoms with Crippen LogP contribution >= 0.6 is 0 Å². The number of hydrogen-bond donors (Lipinski definition) is 3. The number of carbonyl (C=O) groups is 2. The molecule has 0 aliphatic carbocycles. The van der Waals surface area contributed by atoms with Crippen LogP contribution in [0.25, 0.3) is 0 Å². The molecule has 0 aromatic heterocycles. The minimum absolute atomic E-state index is 0.123. The Balaban J connectivity index is 2.68. The van der Waals surface area contributed by atoms with E-state index < -0.39 is 18.0 Å². The van der Waals surface area contributed by atoms with Gasteiger partial charge in [0.25, 0.3) is 0 Å². The van der Waals surface area contributed by atoms with Gasteiger partial charge in [0.15, 0.2) is 0 Å². The summed E-state index contributed by atoms with van der Waals surface area (Å²) in [5.74, 6) is -1.13. The van der Waals surface area contributed by atoms with E-state index in [1.54, 1.807) is 0 Å². The summed E-state index contributed by atoms with van der Waals surface area (Å²) >= 11 is 0. The van der Waals surface area contributed by atoms with E-state index in [0.717, 1.165) is 11.1 Å². The lowest BCUT2D eigenvalue weighted by Gasteiger charge is -2.22. The quantitative estimate of drug-likeness (QED) is 0.754. The number of aryl methyl sites for hydroxylation is 1. The molecule has 21 heavy (non-hydrogen) atoms. The summed E-state index contributed by atoms with van der Waals surface area (Å²) in [7, 11) is 0. The number of carboxylic acids is 1. The largest absolute Gasteiger partial charge is 0.480 e. The van der Waals surface area contributed by atoms with Crippen LogP contribution in [0.2, 0.25) is 0 Å². The number of benzene rings is 1. The van der Waals surface area contributed by atoms with E-state index >= 15 is 0 Å². The van der Waals surface area contributed by atoms with Crippen molar-refractivity contribution in [1.82, 2.24) is 10.6 Å². The molecule has 0 spiro atoms. The molecule has 0 saturated heterocycles. The van der Waals surface area contributed by atoms with Crippen LogP contribution in [-0.2, 0) is 4.79 Å². The zero-order valence-corrected chi connectivity index (χ0v) is 13.0. The minimum Gasteiger partial charge on any atom is -0.480 e. The second-order valence-corrected chi connectivity index (χ2v) is 5.40. The number of carboxylic acid groups (broad SMARTS) is 1. The zero-order valence-electron chi connectivity index (χ0n) is 13.0. The molecule has 0 aliphatic rings. The lowest BCUT2D eigenvalue weighted by molar-refractivity contribution is -0.140. The van der Waals surface area contributed by atoms with Crippen molar-refractivity contribution in [1.29, 1.82) is 0 Å². The molecular formula is C16H24N2O3. The number of amides is 2. The van der Waals surface area contributed by atoms with Gasteiger partial charge in [-0.1, -0.05) is 44.5 Å². The Morgan fingerprint density at radius 3 is 2.33 bits per heavy atom. The standard InChI is InChI=1S/C16H24N2O3/c1-5-10(2)14(15(19)20)18-16(21)17-12(4)13-9-7-6-8-11(13)3/h6-10,12,14H,5H2,1-4H3,(H,19,20)(H2,17,18,21). The summed E-state index contributed by atoms with van der Waals surface area (Å²) in [6.45, 7) is 7.56. The third kappa shape index (κ3) is 4.77. The summed E-state index contributed by atoms with van der Waals surface area (Å²) in [5.41, 5.74) is 2.10. The average Bonchev–Trinajstić information content (AvgIpc) is 2.44. The average molecular weight is 292 g/mol. The fourth-order valence-electron chi connectivity index (χ4n) is 2.21. The number of carbonyl (C=O) groups excluding carboxylic acids is 1. The van der Waals surface area contributed by atoms with E-state index in [-0.39, 0.29) is 12.0 Å². The van der Waals surface area contributed by atoms with Crippen molar-refractivity contribution in [2.24, 2.45) is 5.92 Å². The van der Waals surface area contributed by atoms with Gasteiger partial charge in [-0.15, -0.1) is 0 Å². The van der Waals surface area contributed by atoms with Gasteiger partial charge in [-0.25, -0.2) is 9.59 Å². The lowest BCUT2D eigenvalue weighted by Crippen LogP contribution is -2.49. The van der Waals surface area contributed by atoms with E-state index in [1.807, 2.05) is 52.0 Å². The molecule has 116 valence electrons. The first-order chi connectivity index (χ1) is 9.86. The Bertz CT molecular complexity index is 502. The number of hydrogen-bond acceptors (Lipinski definition) is 2. The molecule has 0 radical (unpaired) electrons. The van der Waals surface area contributed by atoms with Gasteiger partial charge in [-0.05, 0) is 30.9 Å². The maximum Gasteiger partial charge on any atom is 0.326 e. The highest BCUT2D eigenvalue weighted by Gasteiger charge is 2.25. The normalized spacial score (nSPS) is 14.9. The van der Waals surface area contributed by atoms with E-state index in [1.165, 1.54) is 0 Å². The molecule has 5 heteroatoms. The van der Waals surface area contributed by atoms with Gasteiger partial charge in [-0.3, -0.25) is 0 Å². The highest BCUT2D eigenvalue weighted by molar-refractivity contribution is 5.82. The number of urea groups is 1. The van der Waals surface area contributed by atoms with Gasteiger partial charge < -0.3 is 15.7 Å². The molecule has 3 N–H and O–H groups in total. The number of rotatable bonds is 6. The third-order valence-corrected chi connectivity index (χ3v) is 3.77. The van der Waals surface area contributed by atoms with Crippen molar-refractivity contribution >= 4 is 12.0 Å². The molecular weight excluding hydrogens is 268 g/mol. The summed E-state index contributed by atoms with van der Waals surface area (Å²) in [6.07, 6.45) is 0.685. The molecule has 1 aromatic rings. The van der Waals surface area contributed by atoms with Crippen LogP contribution in [0.3, 0.4) is 0 Å². The molecule has 1 aromatic carbocycles. The smallest absolute Gasteiger partial charge is 0.326 e. The highest BCUT2D eigenvalue weighted by atomic mass is 16.4. The van der Waals surface area contributed by atoms with E-state index in [9.17, 15) is 14.7 Å². The van der Waals surface area contributed by atoms with E-state index in [0.29, 0.717) is 6.42 Å². The Morgan fingerprint density at radius 2 is 1.81 bits per heavy atom. The maximum atomic E-state index is 12.0. The fourth-order valence-corrected chi connectivity index (χ4v) is 2.21. The number of nitrogens with one attached hydrogen (secondary N) is 2. The molecule has 3 unspecified atom stereocenters. The van der Waals surface area contributed by atoms with Crippen molar-refractivity contribution in [2.75, 3.05) is 0 Å². The van der Waals surface area contributed by atoms with Crippen molar-refractivity contribution in [3.63, 3.8) is 0 Å². The zero-order chi connectivity index (χ0) is 16.0. The first-order valence-electron chi connectivity index (χ1n) is 7.22. The Morgan fingerprint density at radius 1 is 1.19 bits per heavy atom. The van der Waals surface area contributed by atoms with Crippen LogP contribution in [0, 0.1) is 12.8 Å². The molecule has 5 nitrogen and oxygen atoms in total. The predicted octanol–water partition coefficient (Wildman–Crippen LogP) is 2.85. The van der Waals surface area contributed by atoms with Crippen molar-refractivity contribution in [3.8, 4) is 0 Å². The van der Waals surface area contributed by atoms with Crippen molar-refractivity contribution < 1.29 is 14.7 Å². The number of aliphatic carboxylic acids is 1. The van der Waals surface area contributed by atoms with Crippen LogP contribution in [0.15, 0.2) is 24.3 Å². The Hall–Kier alpha value is -2.04. The Labute approximate surface area is 125 Å². The van der Waals surface area contributed by atoms with Gasteiger partial charge in [0.2, 0.25) is 0 Å². The Kier molecular flexibility index (Phi) is 6.21. The van der Waals surface area contributed by atoms with Crippen LogP contribution < -0.4 is 10.6 Å². The second kappa shape index (κ2) is 7.67. The molecule has 0 saturated carbocycles. The molecule has 3 atom stereocenters. The topological polar surface area (TPSA) is 78.4 Å². The summed E-state index contributed by atoms with van der Waals surface area (Å²) in [4.78, 5) is 23.2. The fraction of sp³-hybridized carbons (Fsp3) is 0.500. The minimum atomic E-state index is -1.01. The molecule has 0 fully saturated rings. The molecule has 1 rings (SSSR count). The summed E-state index contributed by atoms with van der Waals surface area (Å²) in [5, 5.41) is 14.5. The SMILES string of the molecule is CCC(C)C(NC(=O)NC(C)c1ccccc1C)C(=O)O. The maximum absolute atomic E-state index is 12.0. The predicted molar refractivity (Wildman–Crippen MR) is 82.1 cm³/mol. The second-order valence-electron chi connectivity index (χ2n) is 5.40. The first-order valence-corrected chi connectivity index (χ1v) is 7.22. The molecule has 0 heterocycles. The van der Waals surface area contributed by atoms with Gasteiger partial charge in [0, 0.05) is 0 Å². The highest BCUT2D eigenvalue weighted by Crippen LogP contribution is 2.16. The van der Waals surface area contributed by atoms with E-state index in [4.69, 9.17) is 0 Å².